The number of hydrogen-bond acceptors (Lipinski definition) is 4. The highest BCUT2D eigenvalue weighted by Gasteiger charge is 2.51. The minimum atomic E-state index is -0.909. The molecule has 0 radical (unpaired) electrons. The quantitative estimate of drug-likeness (QED) is 0.510. The van der Waals surface area contributed by atoms with E-state index < -0.39 is 11.6 Å². The van der Waals surface area contributed by atoms with Gasteiger partial charge in [0.1, 0.15) is 5.54 Å². The molecule has 0 aromatic rings. The minimum Gasteiger partial charge on any atom is -0.385 e. The molecule has 2 N–H and O–H groups in total. The third-order valence-electron chi connectivity index (χ3n) is 3.38. The molecule has 2 heterocycles. The number of hydrogen-bond donors (Lipinski definition) is 2. The summed E-state index contributed by atoms with van der Waals surface area (Å²) >= 11 is 0. The Bertz CT molecular complexity index is 384. The summed E-state index contributed by atoms with van der Waals surface area (Å²) in [5.74, 6) is -0.336. The fourth-order valence-electron chi connectivity index (χ4n) is 2.36. The van der Waals surface area contributed by atoms with E-state index in [4.69, 9.17) is 4.74 Å². The molecule has 1 unspecified atom stereocenters. The van der Waals surface area contributed by atoms with E-state index in [0.29, 0.717) is 32.4 Å². The third-order valence-corrected chi connectivity index (χ3v) is 3.38. The van der Waals surface area contributed by atoms with E-state index in [1.807, 2.05) is 0 Å². The maximum absolute atomic E-state index is 11.9. The van der Waals surface area contributed by atoms with Crippen molar-refractivity contribution in [2.45, 2.75) is 24.8 Å². The molecule has 100 valence electrons. The van der Waals surface area contributed by atoms with Crippen molar-refractivity contribution >= 4 is 17.8 Å². The molecule has 7 heteroatoms. The van der Waals surface area contributed by atoms with Gasteiger partial charge in [0.15, 0.2) is 0 Å². The Hall–Kier alpha value is -1.63. The monoisotopic (exact) mass is 255 g/mol. The topological polar surface area (TPSA) is 87.7 Å². The van der Waals surface area contributed by atoms with Gasteiger partial charge in [-0.05, 0) is 12.8 Å². The highest BCUT2D eigenvalue weighted by Crippen LogP contribution is 2.25. The van der Waals surface area contributed by atoms with Crippen LogP contribution in [0.4, 0.5) is 4.79 Å². The first kappa shape index (κ1) is 12.8. The summed E-state index contributed by atoms with van der Waals surface area (Å²) in [7, 11) is 1.59. The first-order chi connectivity index (χ1) is 8.57. The second kappa shape index (κ2) is 4.93. The molecule has 18 heavy (non-hydrogen) atoms. The fourth-order valence-corrected chi connectivity index (χ4v) is 2.36. The molecule has 2 rings (SSSR count). The number of imide groups is 1. The van der Waals surface area contributed by atoms with Gasteiger partial charge in [0.2, 0.25) is 5.91 Å². The van der Waals surface area contributed by atoms with Gasteiger partial charge < -0.3 is 15.0 Å². The van der Waals surface area contributed by atoms with Gasteiger partial charge in [0.05, 0.1) is 6.54 Å². The summed E-state index contributed by atoms with van der Waals surface area (Å²) in [5.41, 5.74) is -0.909. The summed E-state index contributed by atoms with van der Waals surface area (Å²) in [6.45, 7) is 1.30. The lowest BCUT2D eigenvalue weighted by Crippen LogP contribution is -2.49. The van der Waals surface area contributed by atoms with E-state index in [0.717, 1.165) is 0 Å². The van der Waals surface area contributed by atoms with Gasteiger partial charge in [-0.3, -0.25) is 14.9 Å². The number of carbonyl (C=O) groups is 3. The highest BCUT2D eigenvalue weighted by atomic mass is 16.5. The number of nitrogens with one attached hydrogen (secondary N) is 2. The van der Waals surface area contributed by atoms with E-state index in [9.17, 15) is 14.4 Å². The van der Waals surface area contributed by atoms with Crippen LogP contribution < -0.4 is 10.6 Å². The second-order valence-corrected chi connectivity index (χ2v) is 4.65. The van der Waals surface area contributed by atoms with Gasteiger partial charge in [0, 0.05) is 26.7 Å². The number of methoxy groups -OCH3 is 1. The standard InChI is InChI=1S/C11H17N3O4/c1-18-6-2-3-8(15)14-5-4-11(7-14)9(16)12-10(17)13-11/h2-7H2,1H3,(H2,12,13,16,17). The normalized spacial score (nSPS) is 26.6. The zero-order chi connectivity index (χ0) is 13.2. The fraction of sp³-hybridized carbons (Fsp3) is 0.727. The summed E-state index contributed by atoms with van der Waals surface area (Å²) < 4.78 is 4.89. The smallest absolute Gasteiger partial charge is 0.322 e. The second-order valence-electron chi connectivity index (χ2n) is 4.65. The molecule has 0 saturated carbocycles. The van der Waals surface area contributed by atoms with Crippen LogP contribution in [0.2, 0.25) is 0 Å². The average molecular weight is 255 g/mol. The molecule has 2 saturated heterocycles. The van der Waals surface area contributed by atoms with Crippen LogP contribution in [0.1, 0.15) is 19.3 Å². The highest BCUT2D eigenvalue weighted by molar-refractivity contribution is 6.07. The number of rotatable bonds is 4. The van der Waals surface area contributed by atoms with Crippen molar-refractivity contribution < 1.29 is 19.1 Å². The van der Waals surface area contributed by atoms with E-state index in [1.54, 1.807) is 12.0 Å². The Morgan fingerprint density at radius 1 is 1.50 bits per heavy atom. The number of amides is 4. The van der Waals surface area contributed by atoms with Crippen LogP contribution in [-0.2, 0) is 14.3 Å². The first-order valence-electron chi connectivity index (χ1n) is 5.98. The Morgan fingerprint density at radius 2 is 2.28 bits per heavy atom. The SMILES string of the molecule is COCCCC(=O)N1CCC2(C1)NC(=O)NC2=O. The Kier molecular flexibility index (Phi) is 3.51. The zero-order valence-electron chi connectivity index (χ0n) is 10.3. The maximum atomic E-state index is 11.9. The lowest BCUT2D eigenvalue weighted by atomic mass is 9.99. The predicted molar refractivity (Wildman–Crippen MR) is 61.7 cm³/mol. The Balaban J connectivity index is 1.90. The van der Waals surface area contributed by atoms with E-state index >= 15 is 0 Å². The van der Waals surface area contributed by atoms with Crippen LogP contribution in [-0.4, -0.2) is 55.1 Å². The van der Waals surface area contributed by atoms with Crippen molar-refractivity contribution in [3.8, 4) is 0 Å². The van der Waals surface area contributed by atoms with Crippen LogP contribution in [0.15, 0.2) is 0 Å². The van der Waals surface area contributed by atoms with Crippen LogP contribution in [0, 0.1) is 0 Å². The summed E-state index contributed by atoms with van der Waals surface area (Å²) in [6.07, 6.45) is 1.54. The summed E-state index contributed by atoms with van der Waals surface area (Å²) in [5, 5.41) is 4.83. The number of carbonyl (C=O) groups excluding carboxylic acids is 3. The lowest BCUT2D eigenvalue weighted by molar-refractivity contribution is -0.131. The van der Waals surface area contributed by atoms with Crippen LogP contribution in [0.3, 0.4) is 0 Å². The zero-order valence-corrected chi connectivity index (χ0v) is 10.3. The number of likely N-dealkylation sites (tertiary alicyclic amines) is 1. The third kappa shape index (κ3) is 2.31. The van der Waals surface area contributed by atoms with Gasteiger partial charge in [-0.2, -0.15) is 0 Å². The number of urea groups is 1. The van der Waals surface area contributed by atoms with E-state index in [-0.39, 0.29) is 18.4 Å². The van der Waals surface area contributed by atoms with Crippen molar-refractivity contribution in [2.75, 3.05) is 26.8 Å². The molecule has 4 amide bonds. The first-order valence-corrected chi connectivity index (χ1v) is 5.98. The van der Waals surface area contributed by atoms with Crippen molar-refractivity contribution in [3.05, 3.63) is 0 Å². The molecule has 2 fully saturated rings. The van der Waals surface area contributed by atoms with E-state index in [2.05, 4.69) is 10.6 Å². The minimum absolute atomic E-state index is 0.00197. The van der Waals surface area contributed by atoms with Crippen LogP contribution in [0.25, 0.3) is 0 Å². The molecule has 2 aliphatic heterocycles. The molecule has 2 aliphatic rings. The van der Waals surface area contributed by atoms with Crippen LogP contribution in [0.5, 0.6) is 0 Å². The van der Waals surface area contributed by atoms with Gasteiger partial charge in [-0.1, -0.05) is 0 Å². The molecule has 1 spiro atoms. The molecule has 1 atom stereocenters. The van der Waals surface area contributed by atoms with E-state index in [1.165, 1.54) is 0 Å². The molecular formula is C11H17N3O4. The molecule has 0 bridgehead atoms. The van der Waals surface area contributed by atoms with Gasteiger partial charge in [0.25, 0.3) is 5.91 Å². The molecule has 0 aromatic carbocycles. The summed E-state index contributed by atoms with van der Waals surface area (Å²) in [6, 6.07) is -0.478. The largest absolute Gasteiger partial charge is 0.385 e. The van der Waals surface area contributed by atoms with Crippen molar-refractivity contribution in [1.82, 2.24) is 15.5 Å². The maximum Gasteiger partial charge on any atom is 0.322 e. The van der Waals surface area contributed by atoms with Crippen molar-refractivity contribution in [1.29, 1.82) is 0 Å². The van der Waals surface area contributed by atoms with Gasteiger partial charge >= 0.3 is 6.03 Å². The number of nitrogens with zero attached hydrogens (tertiary/aromatic N) is 1. The van der Waals surface area contributed by atoms with Crippen LogP contribution >= 0.6 is 0 Å². The molecule has 0 aromatic heterocycles. The average Bonchev–Trinajstić information content (AvgIpc) is 2.85. The Labute approximate surface area is 105 Å². The summed E-state index contributed by atoms with van der Waals surface area (Å²) in [4.78, 5) is 36.3. The predicted octanol–water partition coefficient (Wildman–Crippen LogP) is -0.776. The molecule has 7 nitrogen and oxygen atoms in total. The van der Waals surface area contributed by atoms with Gasteiger partial charge in [-0.15, -0.1) is 0 Å². The van der Waals surface area contributed by atoms with Crippen molar-refractivity contribution in [2.24, 2.45) is 0 Å². The lowest BCUT2D eigenvalue weighted by Gasteiger charge is -2.21. The Morgan fingerprint density at radius 3 is 2.89 bits per heavy atom. The van der Waals surface area contributed by atoms with Gasteiger partial charge in [-0.25, -0.2) is 4.79 Å². The van der Waals surface area contributed by atoms with Crippen molar-refractivity contribution in [3.63, 3.8) is 0 Å². The molecule has 0 aliphatic carbocycles. The molecular weight excluding hydrogens is 238 g/mol. The number of ether oxygens (including phenoxy) is 1.